The first-order chi connectivity index (χ1) is 17.2. The maximum absolute atomic E-state index is 13.5. The lowest BCUT2D eigenvalue weighted by atomic mass is 10.0. The molecule has 0 spiro atoms. The molecule has 0 aliphatic carbocycles. The van der Waals surface area contributed by atoms with Gasteiger partial charge in [-0.1, -0.05) is 13.0 Å². The van der Waals surface area contributed by atoms with Crippen molar-refractivity contribution in [3.63, 3.8) is 0 Å². The quantitative estimate of drug-likeness (QED) is 0.455. The first kappa shape index (κ1) is 25.8. The van der Waals surface area contributed by atoms with Crippen LogP contribution in [0.5, 0.6) is 11.5 Å². The highest BCUT2D eigenvalue weighted by atomic mass is 32.2. The van der Waals surface area contributed by atoms with E-state index in [1.807, 2.05) is 13.8 Å². The maximum Gasteiger partial charge on any atom is 0.243 e. The van der Waals surface area contributed by atoms with Gasteiger partial charge in [0.1, 0.15) is 28.8 Å². The van der Waals surface area contributed by atoms with E-state index in [1.54, 1.807) is 63.2 Å². The molecule has 0 bridgehead atoms. The number of para-hydroxylation sites is 1. The number of methoxy groups -OCH3 is 2. The van der Waals surface area contributed by atoms with Crippen LogP contribution in [0.25, 0.3) is 5.69 Å². The molecule has 0 radical (unpaired) electrons. The van der Waals surface area contributed by atoms with Crippen molar-refractivity contribution in [1.29, 1.82) is 0 Å². The molecule has 0 saturated carbocycles. The van der Waals surface area contributed by atoms with E-state index in [9.17, 15) is 8.42 Å². The van der Waals surface area contributed by atoms with Crippen molar-refractivity contribution in [2.45, 2.75) is 57.3 Å². The average Bonchev–Trinajstić information content (AvgIpc) is 3.47. The second-order valence-electron chi connectivity index (χ2n) is 8.96. The first-order valence-corrected chi connectivity index (χ1v) is 13.3. The van der Waals surface area contributed by atoms with Gasteiger partial charge in [-0.05, 0) is 44.9 Å². The number of benzene rings is 1. The highest BCUT2D eigenvalue weighted by Crippen LogP contribution is 2.39. The molecule has 194 valence electrons. The Kier molecular flexibility index (Phi) is 7.46. The number of aryl methyl sites for hydroxylation is 1. The lowest BCUT2D eigenvalue weighted by Gasteiger charge is -2.22. The zero-order chi connectivity index (χ0) is 26.0. The third-order valence-corrected chi connectivity index (χ3v) is 8.51. The van der Waals surface area contributed by atoms with E-state index in [0.717, 1.165) is 12.0 Å². The summed E-state index contributed by atoms with van der Waals surface area (Å²) in [5, 5.41) is 7.80. The Labute approximate surface area is 211 Å². The normalized spacial score (nSPS) is 19.6. The van der Waals surface area contributed by atoms with Crippen LogP contribution in [0.4, 0.5) is 5.95 Å². The lowest BCUT2D eigenvalue weighted by Crippen LogP contribution is -2.31. The second-order valence-corrected chi connectivity index (χ2v) is 11.0. The Balaban J connectivity index is 1.78. The smallest absolute Gasteiger partial charge is 0.243 e. The van der Waals surface area contributed by atoms with Crippen molar-refractivity contribution >= 4 is 16.0 Å². The van der Waals surface area contributed by atoms with Gasteiger partial charge in [0, 0.05) is 30.8 Å². The Bertz CT molecular complexity index is 1290. The molecular formula is C24H32N6O5S. The van der Waals surface area contributed by atoms with Crippen molar-refractivity contribution in [2.75, 3.05) is 25.5 Å². The summed E-state index contributed by atoms with van der Waals surface area (Å²) in [5.41, 5.74) is 1.40. The van der Waals surface area contributed by atoms with Crippen LogP contribution in [0.15, 0.2) is 30.6 Å². The van der Waals surface area contributed by atoms with Crippen molar-refractivity contribution in [1.82, 2.24) is 24.7 Å². The largest absolute Gasteiger partial charge is 0.494 e. The number of hydrogen-bond acceptors (Lipinski definition) is 9. The summed E-state index contributed by atoms with van der Waals surface area (Å²) in [7, 11) is -0.849. The molecule has 1 aliphatic rings. The van der Waals surface area contributed by atoms with E-state index in [2.05, 4.69) is 24.9 Å². The fourth-order valence-corrected chi connectivity index (χ4v) is 5.51. The summed E-state index contributed by atoms with van der Waals surface area (Å²) in [4.78, 5) is 8.62. The molecule has 0 amide bonds. The van der Waals surface area contributed by atoms with E-state index < -0.39 is 21.2 Å². The van der Waals surface area contributed by atoms with Gasteiger partial charge in [0.2, 0.25) is 16.0 Å². The summed E-state index contributed by atoms with van der Waals surface area (Å²) in [6.45, 7) is 7.82. The van der Waals surface area contributed by atoms with Gasteiger partial charge in [-0.15, -0.1) is 10.2 Å². The van der Waals surface area contributed by atoms with Crippen LogP contribution < -0.4 is 14.2 Å². The summed E-state index contributed by atoms with van der Waals surface area (Å²) >= 11 is 0. The topological polar surface area (TPSA) is 130 Å². The number of sulfonamides is 1. The molecule has 2 unspecified atom stereocenters. The molecule has 1 aliphatic heterocycles. The number of ether oxygens (including phenoxy) is 3. The van der Waals surface area contributed by atoms with Crippen molar-refractivity contribution < 1.29 is 22.6 Å². The first-order valence-electron chi connectivity index (χ1n) is 11.8. The van der Waals surface area contributed by atoms with E-state index in [1.165, 1.54) is 0 Å². The summed E-state index contributed by atoms with van der Waals surface area (Å²) in [5.74, 6) is 1.45. The van der Waals surface area contributed by atoms with E-state index in [-0.39, 0.29) is 18.0 Å². The molecule has 1 fully saturated rings. The molecular weight excluding hydrogens is 484 g/mol. The molecule has 4 atom stereocenters. The summed E-state index contributed by atoms with van der Waals surface area (Å²) in [6.07, 6.45) is 3.96. The Morgan fingerprint density at radius 2 is 1.75 bits per heavy atom. The van der Waals surface area contributed by atoms with E-state index >= 15 is 0 Å². The van der Waals surface area contributed by atoms with Gasteiger partial charge in [0.15, 0.2) is 0 Å². The van der Waals surface area contributed by atoms with Crippen molar-refractivity contribution in [3.8, 4) is 17.2 Å². The highest BCUT2D eigenvalue weighted by Gasteiger charge is 2.36. The van der Waals surface area contributed by atoms with Crippen LogP contribution in [-0.4, -0.2) is 65.3 Å². The van der Waals surface area contributed by atoms with Crippen LogP contribution in [0.3, 0.4) is 0 Å². The number of anilines is 1. The number of nitrogens with zero attached hydrogens (tertiary/aromatic N) is 5. The number of aromatic nitrogens is 5. The van der Waals surface area contributed by atoms with E-state index in [4.69, 9.17) is 14.2 Å². The SMILES string of the molecule is COc1cccc(OC)c1-n1c(NS(=O)(=O)C(C)C(C)c2ncc(C)cn2)nnc1[C@H]1CCO[C@@H]1C. The molecule has 1 N–H and O–H groups in total. The van der Waals surface area contributed by atoms with Crippen molar-refractivity contribution in [3.05, 3.63) is 47.8 Å². The molecule has 3 aromatic rings. The predicted octanol–water partition coefficient (Wildman–Crippen LogP) is 3.21. The van der Waals surface area contributed by atoms with Crippen LogP contribution in [-0.2, 0) is 14.8 Å². The fraction of sp³-hybridized carbons (Fsp3) is 0.500. The standard InChI is InChI=1S/C24H32N6O5S/c1-14-12-25-22(26-13-14)15(2)17(4)36(31,32)29-24-28-27-23(18-10-11-35-16(18)3)30(24)21-19(33-5)8-7-9-20(21)34-6/h7-9,12-13,15-18H,10-11H2,1-6H3,(H,28,29)/t15?,16-,17?,18+/m1/s1. The zero-order valence-electron chi connectivity index (χ0n) is 21.3. The molecule has 36 heavy (non-hydrogen) atoms. The Morgan fingerprint density at radius 1 is 1.11 bits per heavy atom. The van der Waals surface area contributed by atoms with E-state index in [0.29, 0.717) is 35.4 Å². The van der Waals surface area contributed by atoms with Gasteiger partial charge in [0.25, 0.3) is 0 Å². The maximum atomic E-state index is 13.5. The third kappa shape index (κ3) is 4.87. The Morgan fingerprint density at radius 3 is 2.31 bits per heavy atom. The minimum atomic E-state index is -3.93. The van der Waals surface area contributed by atoms with Gasteiger partial charge < -0.3 is 14.2 Å². The zero-order valence-corrected chi connectivity index (χ0v) is 22.1. The van der Waals surface area contributed by atoms with Crippen molar-refractivity contribution in [2.24, 2.45) is 0 Å². The van der Waals surface area contributed by atoms with Gasteiger partial charge in [-0.2, -0.15) is 0 Å². The highest BCUT2D eigenvalue weighted by molar-refractivity contribution is 7.93. The second kappa shape index (κ2) is 10.4. The number of hydrogen-bond donors (Lipinski definition) is 1. The van der Waals surface area contributed by atoms with Gasteiger partial charge in [-0.25, -0.2) is 18.4 Å². The third-order valence-electron chi connectivity index (χ3n) is 6.66. The van der Waals surface area contributed by atoms with Gasteiger partial charge >= 0.3 is 0 Å². The molecule has 12 heteroatoms. The summed E-state index contributed by atoms with van der Waals surface area (Å²) < 4.78 is 48.4. The van der Waals surface area contributed by atoms with Crippen LogP contribution >= 0.6 is 0 Å². The summed E-state index contributed by atoms with van der Waals surface area (Å²) in [6, 6.07) is 5.34. The molecule has 1 saturated heterocycles. The monoisotopic (exact) mass is 516 g/mol. The molecule has 1 aromatic carbocycles. The molecule has 4 rings (SSSR count). The minimum Gasteiger partial charge on any atom is -0.494 e. The van der Waals surface area contributed by atoms with Gasteiger partial charge in [-0.3, -0.25) is 9.29 Å². The minimum absolute atomic E-state index is 0.0378. The van der Waals surface area contributed by atoms with Crippen LogP contribution in [0.1, 0.15) is 56.2 Å². The number of nitrogens with one attached hydrogen (secondary N) is 1. The molecule has 3 heterocycles. The van der Waals surface area contributed by atoms with Crippen LogP contribution in [0.2, 0.25) is 0 Å². The average molecular weight is 517 g/mol. The number of rotatable bonds is 9. The molecule has 2 aromatic heterocycles. The van der Waals surface area contributed by atoms with Gasteiger partial charge in [0.05, 0.1) is 25.6 Å². The predicted molar refractivity (Wildman–Crippen MR) is 134 cm³/mol. The molecule has 11 nitrogen and oxygen atoms in total. The van der Waals surface area contributed by atoms with Crippen LogP contribution in [0, 0.1) is 6.92 Å². The Hall–Kier alpha value is -3.25. The fourth-order valence-electron chi connectivity index (χ4n) is 4.28. The lowest BCUT2D eigenvalue weighted by molar-refractivity contribution is 0.117.